The molecule has 0 aliphatic carbocycles. The molecule has 4 heterocycles. The molecule has 0 N–H and O–H groups in total. The summed E-state index contributed by atoms with van der Waals surface area (Å²) in [5.41, 5.74) is 2.08. The Hall–Kier alpha value is -2.01. The van der Waals surface area contributed by atoms with Crippen molar-refractivity contribution in [1.82, 2.24) is 14.9 Å². The number of nitrogens with zero attached hydrogens (tertiary/aromatic N) is 3. The second-order valence-electron chi connectivity index (χ2n) is 6.93. The lowest BCUT2D eigenvalue weighted by molar-refractivity contribution is -0.0544. The molecule has 5 heteroatoms. The minimum absolute atomic E-state index is 0.148. The van der Waals surface area contributed by atoms with E-state index in [0.29, 0.717) is 29.1 Å². The number of rotatable bonds is 3. The van der Waals surface area contributed by atoms with Crippen LogP contribution in [0, 0.1) is 18.7 Å². The van der Waals surface area contributed by atoms with Crippen LogP contribution in [0.2, 0.25) is 0 Å². The molecule has 5 rings (SSSR count). The first-order valence-electron chi connectivity index (χ1n) is 8.61. The van der Waals surface area contributed by atoms with Crippen molar-refractivity contribution in [2.45, 2.75) is 38.8 Å². The van der Waals surface area contributed by atoms with Gasteiger partial charge < -0.3 is 4.74 Å². The van der Waals surface area contributed by atoms with Crippen LogP contribution in [0.3, 0.4) is 0 Å². The molecule has 3 fully saturated rings. The monoisotopic (exact) mass is 327 g/mol. The fraction of sp³-hybridized carbons (Fsp3) is 0.474. The summed E-state index contributed by atoms with van der Waals surface area (Å²) in [6.07, 6.45) is 5.79. The highest BCUT2D eigenvalue weighted by molar-refractivity contribution is 5.62. The van der Waals surface area contributed by atoms with E-state index >= 15 is 0 Å². The molecular formula is C19H22FN3O. The van der Waals surface area contributed by atoms with Crippen molar-refractivity contribution in [3.05, 3.63) is 42.0 Å². The maximum atomic E-state index is 14.1. The number of aryl methyl sites for hydroxylation is 1. The van der Waals surface area contributed by atoms with Gasteiger partial charge in [0.2, 0.25) is 0 Å². The van der Waals surface area contributed by atoms with Gasteiger partial charge in [0.25, 0.3) is 0 Å². The van der Waals surface area contributed by atoms with Gasteiger partial charge in [-0.2, -0.15) is 0 Å². The Labute approximate surface area is 141 Å². The van der Waals surface area contributed by atoms with Crippen LogP contribution in [0.4, 0.5) is 4.39 Å². The number of hydrogen-bond donors (Lipinski definition) is 0. The molecular weight excluding hydrogens is 305 g/mol. The molecule has 24 heavy (non-hydrogen) atoms. The van der Waals surface area contributed by atoms with Crippen molar-refractivity contribution < 1.29 is 9.13 Å². The summed E-state index contributed by atoms with van der Waals surface area (Å²) < 4.78 is 20.2. The summed E-state index contributed by atoms with van der Waals surface area (Å²) in [5, 5.41) is 0. The molecule has 0 unspecified atom stereocenters. The number of halogens is 1. The predicted molar refractivity (Wildman–Crippen MR) is 90.3 cm³/mol. The molecule has 3 aliphatic heterocycles. The Morgan fingerprint density at radius 2 is 1.88 bits per heavy atom. The van der Waals surface area contributed by atoms with Crippen LogP contribution in [0.25, 0.3) is 11.1 Å². The standard InChI is InChI=1S/C19H22FN3O/c1-12-3-4-16(17(20)9-12)15-10-21-19(22-11-15)24-18-13(2)23-7-5-14(18)6-8-23/h3-4,9-11,13-14,18H,5-8H2,1-2H3/t13-,18-/m0/s1. The highest BCUT2D eigenvalue weighted by Crippen LogP contribution is 2.34. The third-order valence-electron chi connectivity index (χ3n) is 5.40. The van der Waals surface area contributed by atoms with Gasteiger partial charge in [-0.3, -0.25) is 4.90 Å². The van der Waals surface area contributed by atoms with Crippen LogP contribution in [-0.4, -0.2) is 40.1 Å². The van der Waals surface area contributed by atoms with Crippen LogP contribution in [0.15, 0.2) is 30.6 Å². The zero-order chi connectivity index (χ0) is 16.7. The molecule has 3 saturated heterocycles. The molecule has 0 saturated carbocycles. The van der Waals surface area contributed by atoms with E-state index < -0.39 is 0 Å². The van der Waals surface area contributed by atoms with Crippen LogP contribution >= 0.6 is 0 Å². The zero-order valence-electron chi connectivity index (χ0n) is 14.1. The van der Waals surface area contributed by atoms with Crippen molar-refractivity contribution >= 4 is 0 Å². The maximum Gasteiger partial charge on any atom is 0.316 e. The highest BCUT2D eigenvalue weighted by Gasteiger charge is 2.41. The van der Waals surface area contributed by atoms with E-state index in [0.717, 1.165) is 18.7 Å². The Morgan fingerprint density at radius 1 is 1.17 bits per heavy atom. The lowest BCUT2D eigenvalue weighted by Gasteiger charge is -2.48. The second-order valence-corrected chi connectivity index (χ2v) is 6.93. The minimum Gasteiger partial charge on any atom is -0.458 e. The van der Waals surface area contributed by atoms with E-state index in [1.54, 1.807) is 18.5 Å². The van der Waals surface area contributed by atoms with E-state index in [9.17, 15) is 4.39 Å². The first-order valence-corrected chi connectivity index (χ1v) is 8.61. The van der Waals surface area contributed by atoms with Crippen LogP contribution < -0.4 is 4.74 Å². The molecule has 1 aromatic carbocycles. The van der Waals surface area contributed by atoms with Crippen molar-refractivity contribution in [2.75, 3.05) is 13.1 Å². The van der Waals surface area contributed by atoms with Gasteiger partial charge >= 0.3 is 6.01 Å². The zero-order valence-corrected chi connectivity index (χ0v) is 14.1. The van der Waals surface area contributed by atoms with E-state index in [1.165, 1.54) is 18.9 Å². The topological polar surface area (TPSA) is 38.2 Å². The fourth-order valence-corrected chi connectivity index (χ4v) is 3.94. The quantitative estimate of drug-likeness (QED) is 0.865. The van der Waals surface area contributed by atoms with Crippen molar-refractivity contribution in [2.24, 2.45) is 5.92 Å². The predicted octanol–water partition coefficient (Wildman–Crippen LogP) is 3.45. The molecule has 1 aromatic heterocycles. The molecule has 2 bridgehead atoms. The lowest BCUT2D eigenvalue weighted by atomic mass is 9.81. The van der Waals surface area contributed by atoms with Crippen LogP contribution in [0.1, 0.15) is 25.3 Å². The number of hydrogen-bond acceptors (Lipinski definition) is 4. The second kappa shape index (κ2) is 6.13. The van der Waals surface area contributed by atoms with E-state index in [4.69, 9.17) is 4.74 Å². The third kappa shape index (κ3) is 2.77. The van der Waals surface area contributed by atoms with Gasteiger partial charge in [-0.15, -0.1) is 0 Å². The number of piperidine rings is 3. The number of fused-ring (bicyclic) bond motifs is 3. The van der Waals surface area contributed by atoms with Crippen LogP contribution in [-0.2, 0) is 0 Å². The molecule has 0 amide bonds. The number of aromatic nitrogens is 2. The molecule has 4 nitrogen and oxygen atoms in total. The maximum absolute atomic E-state index is 14.1. The first-order chi connectivity index (χ1) is 11.6. The van der Waals surface area contributed by atoms with Crippen molar-refractivity contribution in [1.29, 1.82) is 0 Å². The minimum atomic E-state index is -0.252. The Morgan fingerprint density at radius 3 is 2.50 bits per heavy atom. The number of benzene rings is 1. The summed E-state index contributed by atoms with van der Waals surface area (Å²) in [5.74, 6) is 0.334. The van der Waals surface area contributed by atoms with E-state index in [2.05, 4.69) is 21.8 Å². The Bertz CT molecular complexity index is 724. The highest BCUT2D eigenvalue weighted by atomic mass is 19.1. The first kappa shape index (κ1) is 15.5. The molecule has 2 atom stereocenters. The summed E-state index contributed by atoms with van der Waals surface area (Å²) in [7, 11) is 0. The largest absolute Gasteiger partial charge is 0.458 e. The average molecular weight is 327 g/mol. The van der Waals surface area contributed by atoms with Gasteiger partial charge in [0.15, 0.2) is 0 Å². The van der Waals surface area contributed by atoms with E-state index in [1.807, 2.05) is 13.0 Å². The summed E-state index contributed by atoms with van der Waals surface area (Å²) >= 11 is 0. The Kier molecular flexibility index (Phi) is 3.96. The number of ether oxygens (including phenoxy) is 1. The van der Waals surface area contributed by atoms with E-state index in [-0.39, 0.29) is 11.9 Å². The SMILES string of the molecule is Cc1ccc(-c2cnc(O[C@@H]3C4CCN(CC4)[C@H]3C)nc2)c(F)c1. The molecule has 0 spiro atoms. The molecule has 126 valence electrons. The fourth-order valence-electron chi connectivity index (χ4n) is 3.94. The normalized spacial score (nSPS) is 28.8. The van der Waals surface area contributed by atoms with Gasteiger partial charge in [-0.1, -0.05) is 12.1 Å². The lowest BCUT2D eigenvalue weighted by Crippen LogP contribution is -2.58. The third-order valence-corrected chi connectivity index (χ3v) is 5.40. The summed E-state index contributed by atoms with van der Waals surface area (Å²) in [6, 6.07) is 5.96. The smallest absolute Gasteiger partial charge is 0.316 e. The van der Waals surface area contributed by atoms with Gasteiger partial charge in [-0.05, 0) is 57.3 Å². The Balaban J connectivity index is 1.52. The summed E-state index contributed by atoms with van der Waals surface area (Å²) in [4.78, 5) is 11.1. The average Bonchev–Trinajstić information content (AvgIpc) is 2.59. The van der Waals surface area contributed by atoms with Gasteiger partial charge in [0.1, 0.15) is 11.9 Å². The van der Waals surface area contributed by atoms with Gasteiger partial charge in [-0.25, -0.2) is 14.4 Å². The molecule has 3 aliphatic rings. The molecule has 0 radical (unpaired) electrons. The van der Waals surface area contributed by atoms with Gasteiger partial charge in [0, 0.05) is 29.6 Å². The van der Waals surface area contributed by atoms with Crippen molar-refractivity contribution in [3.63, 3.8) is 0 Å². The van der Waals surface area contributed by atoms with Gasteiger partial charge in [0.05, 0.1) is 0 Å². The van der Waals surface area contributed by atoms with Crippen LogP contribution in [0.5, 0.6) is 6.01 Å². The summed E-state index contributed by atoms with van der Waals surface area (Å²) in [6.45, 7) is 6.41. The van der Waals surface area contributed by atoms with Crippen molar-refractivity contribution in [3.8, 4) is 17.1 Å². The molecule has 2 aromatic rings.